The van der Waals surface area contributed by atoms with Gasteiger partial charge in [-0.05, 0) is 38.0 Å². The summed E-state index contributed by atoms with van der Waals surface area (Å²) in [5.74, 6) is 0.426. The van der Waals surface area contributed by atoms with E-state index < -0.39 is 0 Å². The van der Waals surface area contributed by atoms with Crippen LogP contribution in [0.3, 0.4) is 0 Å². The highest BCUT2D eigenvalue weighted by Crippen LogP contribution is 2.43. The van der Waals surface area contributed by atoms with E-state index in [2.05, 4.69) is 6.58 Å². The Labute approximate surface area is 92.3 Å². The van der Waals surface area contributed by atoms with Crippen molar-refractivity contribution in [3.63, 3.8) is 0 Å². The Morgan fingerprint density at radius 3 is 2.87 bits per heavy atom. The zero-order valence-corrected chi connectivity index (χ0v) is 9.45. The Hall–Kier alpha value is -0.340. The van der Waals surface area contributed by atoms with Gasteiger partial charge in [0.1, 0.15) is 0 Å². The molecule has 1 aliphatic carbocycles. The molecule has 0 aromatic heterocycles. The third kappa shape index (κ3) is 2.43. The lowest BCUT2D eigenvalue weighted by Crippen LogP contribution is -2.40. The topological polar surface area (TPSA) is 29.5 Å². The number of aliphatic hydroxyl groups excluding tert-OH is 1. The van der Waals surface area contributed by atoms with E-state index in [9.17, 15) is 5.11 Å². The lowest BCUT2D eigenvalue weighted by Gasteiger charge is -2.39. The van der Waals surface area contributed by atoms with E-state index >= 15 is 0 Å². The maximum absolute atomic E-state index is 9.99. The van der Waals surface area contributed by atoms with Crippen molar-refractivity contribution < 1.29 is 9.84 Å². The summed E-state index contributed by atoms with van der Waals surface area (Å²) in [6.45, 7) is 4.53. The van der Waals surface area contributed by atoms with Crippen LogP contribution in [0.5, 0.6) is 0 Å². The highest BCUT2D eigenvalue weighted by atomic mass is 16.5. The fourth-order valence-corrected chi connectivity index (χ4v) is 3.13. The number of rotatable bonds is 3. The molecule has 2 unspecified atom stereocenters. The first kappa shape index (κ1) is 11.2. The molecule has 2 rings (SSSR count). The van der Waals surface area contributed by atoms with Crippen molar-refractivity contribution in [2.75, 3.05) is 6.61 Å². The minimum absolute atomic E-state index is 0.130. The van der Waals surface area contributed by atoms with E-state index in [0.717, 1.165) is 25.9 Å². The summed E-state index contributed by atoms with van der Waals surface area (Å²) in [7, 11) is 0. The number of aliphatic hydroxyl groups is 1. The Kier molecular flexibility index (Phi) is 3.47. The average molecular weight is 210 g/mol. The average Bonchev–Trinajstić information content (AvgIpc) is 2.67. The molecule has 2 nitrogen and oxygen atoms in total. The second-order valence-corrected chi connectivity index (χ2v) is 5.08. The van der Waals surface area contributed by atoms with E-state index in [-0.39, 0.29) is 11.7 Å². The number of hydrogen-bond acceptors (Lipinski definition) is 2. The SMILES string of the molecule is C=CCC(O)C1CCOC2(CCCC2)C1. The smallest absolute Gasteiger partial charge is 0.0686 e. The maximum Gasteiger partial charge on any atom is 0.0686 e. The fourth-order valence-electron chi connectivity index (χ4n) is 3.13. The van der Waals surface area contributed by atoms with E-state index in [1.54, 1.807) is 0 Å². The summed E-state index contributed by atoms with van der Waals surface area (Å²) < 4.78 is 5.95. The Morgan fingerprint density at radius 1 is 1.47 bits per heavy atom. The molecule has 2 heteroatoms. The molecule has 1 spiro atoms. The molecule has 1 aliphatic heterocycles. The first-order valence-corrected chi connectivity index (χ1v) is 6.19. The fraction of sp³-hybridized carbons (Fsp3) is 0.846. The summed E-state index contributed by atoms with van der Waals surface area (Å²) in [4.78, 5) is 0. The van der Waals surface area contributed by atoms with Gasteiger partial charge in [-0.2, -0.15) is 0 Å². The van der Waals surface area contributed by atoms with Crippen LogP contribution in [0, 0.1) is 5.92 Å². The third-order valence-corrected chi connectivity index (χ3v) is 4.00. The molecule has 2 aliphatic rings. The van der Waals surface area contributed by atoms with E-state index in [0.29, 0.717) is 5.92 Å². The van der Waals surface area contributed by atoms with Gasteiger partial charge in [-0.25, -0.2) is 0 Å². The van der Waals surface area contributed by atoms with Crippen molar-refractivity contribution in [3.05, 3.63) is 12.7 Å². The predicted molar refractivity (Wildman–Crippen MR) is 60.7 cm³/mol. The minimum Gasteiger partial charge on any atom is -0.393 e. The zero-order valence-electron chi connectivity index (χ0n) is 9.45. The highest BCUT2D eigenvalue weighted by molar-refractivity contribution is 4.93. The van der Waals surface area contributed by atoms with Gasteiger partial charge in [0.05, 0.1) is 11.7 Å². The van der Waals surface area contributed by atoms with Crippen LogP contribution >= 0.6 is 0 Å². The zero-order chi connectivity index (χ0) is 10.7. The summed E-state index contributed by atoms with van der Waals surface area (Å²) in [5.41, 5.74) is 0.130. The molecule has 0 aromatic rings. The van der Waals surface area contributed by atoms with Gasteiger partial charge in [-0.1, -0.05) is 18.9 Å². The summed E-state index contributed by atoms with van der Waals surface area (Å²) in [6, 6.07) is 0. The lowest BCUT2D eigenvalue weighted by atomic mass is 9.81. The summed E-state index contributed by atoms with van der Waals surface area (Å²) in [5, 5.41) is 9.99. The molecule has 1 saturated heterocycles. The molecule has 0 aromatic carbocycles. The van der Waals surface area contributed by atoms with Crippen LogP contribution in [-0.4, -0.2) is 23.4 Å². The van der Waals surface area contributed by atoms with Crippen molar-refractivity contribution in [2.45, 2.75) is 56.7 Å². The van der Waals surface area contributed by atoms with E-state index in [4.69, 9.17) is 4.74 Å². The molecule has 15 heavy (non-hydrogen) atoms. The molecule has 0 radical (unpaired) electrons. The van der Waals surface area contributed by atoms with E-state index in [1.165, 1.54) is 25.7 Å². The normalized spacial score (nSPS) is 31.7. The molecule has 1 saturated carbocycles. The van der Waals surface area contributed by atoms with Crippen LogP contribution in [0.4, 0.5) is 0 Å². The van der Waals surface area contributed by atoms with Gasteiger partial charge < -0.3 is 9.84 Å². The second kappa shape index (κ2) is 4.67. The first-order chi connectivity index (χ1) is 7.26. The van der Waals surface area contributed by atoms with Gasteiger partial charge >= 0.3 is 0 Å². The summed E-state index contributed by atoms with van der Waals surface area (Å²) in [6.07, 6.45) is 9.40. The molecule has 86 valence electrons. The molecule has 0 bridgehead atoms. The van der Waals surface area contributed by atoms with Crippen LogP contribution < -0.4 is 0 Å². The van der Waals surface area contributed by atoms with Crippen molar-refractivity contribution in [1.29, 1.82) is 0 Å². The van der Waals surface area contributed by atoms with E-state index in [1.807, 2.05) is 6.08 Å². The number of hydrogen-bond donors (Lipinski definition) is 1. The van der Waals surface area contributed by atoms with Gasteiger partial charge in [0.15, 0.2) is 0 Å². The first-order valence-electron chi connectivity index (χ1n) is 6.19. The predicted octanol–water partition coefficient (Wildman–Crippen LogP) is 2.66. The van der Waals surface area contributed by atoms with Crippen LogP contribution in [0.2, 0.25) is 0 Å². The molecule has 1 heterocycles. The lowest BCUT2D eigenvalue weighted by molar-refractivity contribution is -0.112. The third-order valence-electron chi connectivity index (χ3n) is 4.00. The van der Waals surface area contributed by atoms with Gasteiger partial charge in [0.25, 0.3) is 0 Å². The van der Waals surface area contributed by atoms with Crippen LogP contribution in [0.25, 0.3) is 0 Å². The van der Waals surface area contributed by atoms with Gasteiger partial charge in [-0.15, -0.1) is 6.58 Å². The Morgan fingerprint density at radius 2 is 2.20 bits per heavy atom. The molecule has 2 atom stereocenters. The van der Waals surface area contributed by atoms with Crippen molar-refractivity contribution in [3.8, 4) is 0 Å². The summed E-state index contributed by atoms with van der Waals surface area (Å²) >= 11 is 0. The Bertz CT molecular complexity index is 219. The van der Waals surface area contributed by atoms with Crippen LogP contribution in [0.1, 0.15) is 44.9 Å². The highest BCUT2D eigenvalue weighted by Gasteiger charge is 2.41. The Balaban J connectivity index is 1.94. The maximum atomic E-state index is 9.99. The molecular weight excluding hydrogens is 188 g/mol. The van der Waals surface area contributed by atoms with Crippen molar-refractivity contribution in [2.24, 2.45) is 5.92 Å². The van der Waals surface area contributed by atoms with Gasteiger partial charge in [-0.3, -0.25) is 0 Å². The largest absolute Gasteiger partial charge is 0.393 e. The van der Waals surface area contributed by atoms with Gasteiger partial charge in [0.2, 0.25) is 0 Å². The van der Waals surface area contributed by atoms with Crippen molar-refractivity contribution >= 4 is 0 Å². The molecule has 0 amide bonds. The molecular formula is C13H22O2. The second-order valence-electron chi connectivity index (χ2n) is 5.08. The number of ether oxygens (including phenoxy) is 1. The minimum atomic E-state index is -0.205. The monoisotopic (exact) mass is 210 g/mol. The van der Waals surface area contributed by atoms with Crippen molar-refractivity contribution in [1.82, 2.24) is 0 Å². The quantitative estimate of drug-likeness (QED) is 0.726. The van der Waals surface area contributed by atoms with Gasteiger partial charge in [0, 0.05) is 6.61 Å². The standard InChI is InChI=1S/C13H22O2/c1-2-5-12(14)11-6-9-15-13(10-11)7-3-4-8-13/h2,11-12,14H,1,3-10H2. The molecule has 1 N–H and O–H groups in total. The van der Waals surface area contributed by atoms with Crippen LogP contribution in [-0.2, 0) is 4.74 Å². The molecule has 2 fully saturated rings. The van der Waals surface area contributed by atoms with Crippen LogP contribution in [0.15, 0.2) is 12.7 Å².